The number of pyridine rings is 1. The number of imidazole rings is 1. The van der Waals surface area contributed by atoms with E-state index in [2.05, 4.69) is 22.2 Å². The number of anilines is 1. The zero-order valence-electron chi connectivity index (χ0n) is 19.6. The third kappa shape index (κ3) is 3.36. The molecule has 0 aliphatic heterocycles. The standard InChI is InChI=1S/C27H32N4O3/c1-2-3-8-31-20-7-5-4-6-19(20)23(32)22(25(31)34)24(33)30-26-28-15-21(29-26)27-12-16-9-17(13-27)11-18(10-16)14-27/h4-7,15-18,32H,2-3,8-14H2,1H3,(H2,28,29,30,33). The van der Waals surface area contributed by atoms with Gasteiger partial charge in [0.2, 0.25) is 5.95 Å². The number of aromatic amines is 1. The lowest BCUT2D eigenvalue weighted by atomic mass is 9.49. The van der Waals surface area contributed by atoms with Crippen LogP contribution in [0.2, 0.25) is 0 Å². The molecule has 4 aliphatic carbocycles. The molecule has 7 nitrogen and oxygen atoms in total. The van der Waals surface area contributed by atoms with Gasteiger partial charge in [0, 0.05) is 23.0 Å². The molecule has 0 atom stereocenters. The van der Waals surface area contributed by atoms with Gasteiger partial charge in [-0.05, 0) is 74.8 Å². The first-order valence-electron chi connectivity index (χ1n) is 12.7. The fourth-order valence-electron chi connectivity index (χ4n) is 7.40. The molecule has 178 valence electrons. The van der Waals surface area contributed by atoms with Crippen LogP contribution in [0.3, 0.4) is 0 Å². The highest BCUT2D eigenvalue weighted by Gasteiger charge is 2.52. The van der Waals surface area contributed by atoms with Crippen LogP contribution < -0.4 is 10.9 Å². The first kappa shape index (κ1) is 21.4. The summed E-state index contributed by atoms with van der Waals surface area (Å²) in [5.41, 5.74) is 1.17. The molecule has 3 N–H and O–H groups in total. The number of nitrogens with one attached hydrogen (secondary N) is 2. The summed E-state index contributed by atoms with van der Waals surface area (Å²) < 4.78 is 1.59. The Balaban J connectivity index is 1.31. The van der Waals surface area contributed by atoms with E-state index in [1.807, 2.05) is 12.3 Å². The number of H-pyrrole nitrogens is 1. The van der Waals surface area contributed by atoms with Crippen LogP contribution in [-0.4, -0.2) is 25.5 Å². The number of para-hydroxylation sites is 1. The summed E-state index contributed by atoms with van der Waals surface area (Å²) >= 11 is 0. The molecule has 2 aromatic heterocycles. The number of carbonyl (C=O) groups is 1. The SMILES string of the molecule is CCCCn1c(=O)c(C(=O)Nc2ncc(C34CC5CC(CC(C5)C3)C4)[nH]2)c(O)c2ccccc21. The molecule has 0 radical (unpaired) electrons. The van der Waals surface area contributed by atoms with Crippen molar-refractivity contribution < 1.29 is 9.90 Å². The predicted octanol–water partition coefficient (Wildman–Crippen LogP) is 4.95. The molecule has 3 aromatic rings. The Morgan fingerprint density at radius 3 is 2.53 bits per heavy atom. The zero-order valence-corrected chi connectivity index (χ0v) is 19.6. The number of unbranched alkanes of at least 4 members (excludes halogenated alkanes) is 1. The van der Waals surface area contributed by atoms with Crippen molar-refractivity contribution in [2.75, 3.05) is 5.32 Å². The molecular weight excluding hydrogens is 428 g/mol. The van der Waals surface area contributed by atoms with Crippen molar-refractivity contribution >= 4 is 22.8 Å². The quantitative estimate of drug-likeness (QED) is 0.484. The molecule has 1 amide bonds. The Morgan fingerprint density at radius 1 is 1.18 bits per heavy atom. The molecule has 2 heterocycles. The molecule has 7 rings (SSSR count). The highest BCUT2D eigenvalue weighted by atomic mass is 16.3. The van der Waals surface area contributed by atoms with Gasteiger partial charge in [-0.25, -0.2) is 4.98 Å². The van der Waals surface area contributed by atoms with Gasteiger partial charge in [0.25, 0.3) is 11.5 Å². The monoisotopic (exact) mass is 460 g/mol. The molecule has 4 bridgehead atoms. The zero-order chi connectivity index (χ0) is 23.4. The van der Waals surface area contributed by atoms with E-state index in [9.17, 15) is 14.7 Å². The molecule has 0 saturated heterocycles. The number of hydrogen-bond acceptors (Lipinski definition) is 4. The summed E-state index contributed by atoms with van der Waals surface area (Å²) in [6.07, 6.45) is 11.3. The van der Waals surface area contributed by atoms with E-state index in [4.69, 9.17) is 0 Å². The first-order valence-corrected chi connectivity index (χ1v) is 12.7. The summed E-state index contributed by atoms with van der Waals surface area (Å²) in [5, 5.41) is 14.1. The summed E-state index contributed by atoms with van der Waals surface area (Å²) in [4.78, 5) is 34.3. The van der Waals surface area contributed by atoms with Crippen LogP contribution in [0, 0.1) is 17.8 Å². The van der Waals surface area contributed by atoms with E-state index >= 15 is 0 Å². The second-order valence-electron chi connectivity index (χ2n) is 10.8. The van der Waals surface area contributed by atoms with Gasteiger partial charge >= 0.3 is 0 Å². The average Bonchev–Trinajstić information content (AvgIpc) is 3.28. The molecule has 1 aromatic carbocycles. The average molecular weight is 461 g/mol. The Labute approximate surface area is 198 Å². The van der Waals surface area contributed by atoms with Gasteiger partial charge in [-0.15, -0.1) is 0 Å². The molecule has 0 unspecified atom stereocenters. The maximum atomic E-state index is 13.3. The van der Waals surface area contributed by atoms with E-state index < -0.39 is 11.5 Å². The lowest BCUT2D eigenvalue weighted by molar-refractivity contribution is -0.00698. The number of carbonyl (C=O) groups excluding carboxylic acids is 1. The number of fused-ring (bicyclic) bond motifs is 1. The van der Waals surface area contributed by atoms with E-state index in [-0.39, 0.29) is 16.7 Å². The lowest BCUT2D eigenvalue weighted by Crippen LogP contribution is -2.48. The minimum atomic E-state index is -0.634. The number of benzene rings is 1. The van der Waals surface area contributed by atoms with Crippen molar-refractivity contribution in [3.63, 3.8) is 0 Å². The molecule has 4 fully saturated rings. The fourth-order valence-corrected chi connectivity index (χ4v) is 7.40. The van der Waals surface area contributed by atoms with Crippen LogP contribution in [0.15, 0.2) is 35.3 Å². The molecular formula is C27H32N4O3. The highest BCUT2D eigenvalue weighted by Crippen LogP contribution is 2.60. The summed E-state index contributed by atoms with van der Waals surface area (Å²) in [7, 11) is 0. The van der Waals surface area contributed by atoms with Crippen LogP contribution in [0.25, 0.3) is 10.9 Å². The number of rotatable bonds is 6. The Kier molecular flexibility index (Phi) is 5.04. The number of hydrogen-bond donors (Lipinski definition) is 3. The first-order chi connectivity index (χ1) is 16.5. The lowest BCUT2D eigenvalue weighted by Gasteiger charge is -2.56. The smallest absolute Gasteiger partial charge is 0.267 e. The van der Waals surface area contributed by atoms with Gasteiger partial charge in [-0.3, -0.25) is 14.9 Å². The maximum Gasteiger partial charge on any atom is 0.267 e. The van der Waals surface area contributed by atoms with E-state index in [0.717, 1.165) is 36.3 Å². The van der Waals surface area contributed by atoms with Crippen molar-refractivity contribution in [3.8, 4) is 5.75 Å². The van der Waals surface area contributed by atoms with Crippen LogP contribution >= 0.6 is 0 Å². The molecule has 0 spiro atoms. The third-order valence-corrected chi connectivity index (χ3v) is 8.53. The van der Waals surface area contributed by atoms with Gasteiger partial charge in [0.05, 0.1) is 11.7 Å². The van der Waals surface area contributed by atoms with Crippen molar-refractivity contribution in [3.05, 3.63) is 52.1 Å². The fraction of sp³-hybridized carbons (Fsp3) is 0.519. The van der Waals surface area contributed by atoms with Crippen LogP contribution in [0.1, 0.15) is 74.3 Å². The minimum Gasteiger partial charge on any atom is -0.506 e. The van der Waals surface area contributed by atoms with Crippen molar-refractivity contribution in [1.29, 1.82) is 0 Å². The molecule has 4 aliphatic rings. The largest absolute Gasteiger partial charge is 0.506 e. The van der Waals surface area contributed by atoms with Crippen molar-refractivity contribution in [2.45, 2.75) is 70.3 Å². The summed E-state index contributed by atoms with van der Waals surface area (Å²) in [5.74, 6) is 1.85. The predicted molar refractivity (Wildman–Crippen MR) is 131 cm³/mol. The van der Waals surface area contributed by atoms with E-state index in [1.165, 1.54) is 38.5 Å². The van der Waals surface area contributed by atoms with Gasteiger partial charge in [-0.2, -0.15) is 0 Å². The van der Waals surface area contributed by atoms with Gasteiger partial charge in [0.1, 0.15) is 11.3 Å². The Bertz CT molecular complexity index is 1290. The molecule has 34 heavy (non-hydrogen) atoms. The Morgan fingerprint density at radius 2 is 1.85 bits per heavy atom. The number of aromatic nitrogens is 3. The summed E-state index contributed by atoms with van der Waals surface area (Å²) in [6, 6.07) is 7.17. The summed E-state index contributed by atoms with van der Waals surface area (Å²) in [6.45, 7) is 2.55. The second kappa shape index (κ2) is 8.00. The number of aromatic hydroxyl groups is 1. The van der Waals surface area contributed by atoms with Gasteiger partial charge in [-0.1, -0.05) is 25.5 Å². The topological polar surface area (TPSA) is 100 Å². The number of aryl methyl sites for hydroxylation is 1. The second-order valence-corrected chi connectivity index (χ2v) is 10.8. The Hall–Kier alpha value is -3.09. The highest BCUT2D eigenvalue weighted by molar-refractivity contribution is 6.08. The number of amides is 1. The van der Waals surface area contributed by atoms with Crippen LogP contribution in [-0.2, 0) is 12.0 Å². The van der Waals surface area contributed by atoms with Crippen molar-refractivity contribution in [1.82, 2.24) is 14.5 Å². The van der Waals surface area contributed by atoms with Gasteiger partial charge in [0.15, 0.2) is 0 Å². The van der Waals surface area contributed by atoms with E-state index in [1.54, 1.807) is 22.8 Å². The maximum absolute atomic E-state index is 13.3. The van der Waals surface area contributed by atoms with Gasteiger partial charge < -0.3 is 14.7 Å². The van der Waals surface area contributed by atoms with Crippen LogP contribution in [0.5, 0.6) is 5.75 Å². The van der Waals surface area contributed by atoms with Crippen LogP contribution in [0.4, 0.5) is 5.95 Å². The minimum absolute atomic E-state index is 0.142. The van der Waals surface area contributed by atoms with E-state index in [0.29, 0.717) is 23.4 Å². The van der Waals surface area contributed by atoms with Crippen molar-refractivity contribution in [2.24, 2.45) is 17.8 Å². The number of nitrogens with zero attached hydrogens (tertiary/aromatic N) is 2. The molecule has 7 heteroatoms. The normalized spacial score (nSPS) is 27.4. The third-order valence-electron chi connectivity index (χ3n) is 8.53. The molecule has 4 saturated carbocycles.